The Balaban J connectivity index is 1.93. The molecule has 8 heteroatoms. The van der Waals surface area contributed by atoms with Gasteiger partial charge in [0, 0.05) is 0 Å². The van der Waals surface area contributed by atoms with E-state index in [1.807, 2.05) is 0 Å². The maximum Gasteiger partial charge on any atom is 0.276 e. The number of benzene rings is 2. The average Bonchev–Trinajstić information content (AvgIpc) is 2.68. The van der Waals surface area contributed by atoms with E-state index in [4.69, 9.17) is 4.74 Å². The summed E-state index contributed by atoms with van der Waals surface area (Å²) in [6.07, 6.45) is 0. The largest absolute Gasteiger partial charge is 0.481 e. The highest BCUT2D eigenvalue weighted by atomic mass is 19.1. The van der Waals surface area contributed by atoms with Gasteiger partial charge in [-0.15, -0.1) is 0 Å². The van der Waals surface area contributed by atoms with Crippen molar-refractivity contribution in [2.45, 2.75) is 13.0 Å². The molecule has 0 saturated heterocycles. The van der Waals surface area contributed by atoms with Crippen LogP contribution < -0.4 is 15.5 Å². The van der Waals surface area contributed by atoms with Crippen LogP contribution in [0.1, 0.15) is 29.0 Å². The standard InChI is InChI=1S/C20H17F2N3O3/c1-12(13-3-5-14(21)6-4-13)23-20(27)19-17(26)11-18(28-2)25(24-19)16-9-7-15(22)8-10-16/h3-12H,1-2H3,(H,23,27)/t12-/m1/s1. The number of halogens is 2. The molecule has 3 aromatic rings. The summed E-state index contributed by atoms with van der Waals surface area (Å²) >= 11 is 0. The average molecular weight is 385 g/mol. The van der Waals surface area contributed by atoms with Crippen LogP contribution in [0.25, 0.3) is 5.69 Å². The Hall–Kier alpha value is -3.55. The fraction of sp³-hybridized carbons (Fsp3) is 0.150. The van der Waals surface area contributed by atoms with Crippen molar-refractivity contribution in [2.75, 3.05) is 7.11 Å². The van der Waals surface area contributed by atoms with Gasteiger partial charge in [-0.3, -0.25) is 9.59 Å². The van der Waals surface area contributed by atoms with Crippen molar-refractivity contribution < 1.29 is 18.3 Å². The first-order valence-electron chi connectivity index (χ1n) is 8.39. The quantitative estimate of drug-likeness (QED) is 0.733. The number of methoxy groups -OCH3 is 1. The molecular formula is C20H17F2N3O3. The van der Waals surface area contributed by atoms with Crippen LogP contribution in [-0.2, 0) is 0 Å². The lowest BCUT2D eigenvalue weighted by Crippen LogP contribution is -2.33. The highest BCUT2D eigenvalue weighted by molar-refractivity contribution is 5.92. The van der Waals surface area contributed by atoms with Gasteiger partial charge in [0.25, 0.3) is 5.91 Å². The maximum atomic E-state index is 13.2. The predicted molar refractivity (Wildman–Crippen MR) is 98.6 cm³/mol. The molecule has 3 rings (SSSR count). The summed E-state index contributed by atoms with van der Waals surface area (Å²) in [5.74, 6) is -1.42. The first-order valence-corrected chi connectivity index (χ1v) is 8.39. The number of aromatic nitrogens is 2. The minimum Gasteiger partial charge on any atom is -0.481 e. The summed E-state index contributed by atoms with van der Waals surface area (Å²) in [7, 11) is 1.35. The summed E-state index contributed by atoms with van der Waals surface area (Å²) in [4.78, 5) is 24.9. The Kier molecular flexibility index (Phi) is 5.49. The molecule has 144 valence electrons. The smallest absolute Gasteiger partial charge is 0.276 e. The first kappa shape index (κ1) is 19.2. The van der Waals surface area contributed by atoms with Gasteiger partial charge in [0.15, 0.2) is 5.69 Å². The second-order valence-corrected chi connectivity index (χ2v) is 6.03. The van der Waals surface area contributed by atoms with Crippen LogP contribution in [0.15, 0.2) is 59.4 Å². The third-order valence-corrected chi connectivity index (χ3v) is 4.11. The van der Waals surface area contributed by atoms with E-state index in [1.165, 1.54) is 48.2 Å². The van der Waals surface area contributed by atoms with Gasteiger partial charge >= 0.3 is 0 Å². The van der Waals surface area contributed by atoms with E-state index in [9.17, 15) is 18.4 Å². The maximum absolute atomic E-state index is 13.2. The zero-order chi connectivity index (χ0) is 20.3. The molecule has 0 aliphatic heterocycles. The van der Waals surface area contributed by atoms with Crippen molar-refractivity contribution in [1.82, 2.24) is 15.1 Å². The first-order chi connectivity index (χ1) is 13.4. The monoisotopic (exact) mass is 385 g/mol. The van der Waals surface area contributed by atoms with Crippen molar-refractivity contribution in [2.24, 2.45) is 0 Å². The summed E-state index contributed by atoms with van der Waals surface area (Å²) < 4.78 is 32.6. The van der Waals surface area contributed by atoms with Crippen molar-refractivity contribution >= 4 is 5.91 Å². The van der Waals surface area contributed by atoms with Gasteiger partial charge in [0.05, 0.1) is 24.9 Å². The normalized spacial score (nSPS) is 11.7. The number of carbonyl (C=O) groups is 1. The highest BCUT2D eigenvalue weighted by Gasteiger charge is 2.19. The third-order valence-electron chi connectivity index (χ3n) is 4.11. The Morgan fingerprint density at radius 3 is 2.21 bits per heavy atom. The molecule has 0 radical (unpaired) electrons. The van der Waals surface area contributed by atoms with Gasteiger partial charge in [-0.05, 0) is 48.9 Å². The number of nitrogens with zero attached hydrogens (tertiary/aromatic N) is 2. The molecule has 0 saturated carbocycles. The van der Waals surface area contributed by atoms with E-state index in [1.54, 1.807) is 19.1 Å². The van der Waals surface area contributed by atoms with Crippen LogP contribution in [0.5, 0.6) is 5.88 Å². The van der Waals surface area contributed by atoms with Crippen LogP contribution in [0.3, 0.4) is 0 Å². The summed E-state index contributed by atoms with van der Waals surface area (Å²) in [5, 5.41) is 6.75. The van der Waals surface area contributed by atoms with Crippen molar-refractivity contribution in [1.29, 1.82) is 0 Å². The van der Waals surface area contributed by atoms with E-state index >= 15 is 0 Å². The molecule has 0 aliphatic rings. The summed E-state index contributed by atoms with van der Waals surface area (Å²) in [6, 6.07) is 11.6. The molecule has 0 spiro atoms. The number of ether oxygens (including phenoxy) is 1. The molecule has 0 bridgehead atoms. The Morgan fingerprint density at radius 2 is 1.64 bits per heavy atom. The van der Waals surface area contributed by atoms with Crippen molar-refractivity contribution in [3.05, 3.63) is 87.7 Å². The van der Waals surface area contributed by atoms with Crippen LogP contribution >= 0.6 is 0 Å². The molecule has 1 aromatic heterocycles. The number of carbonyl (C=O) groups excluding carboxylic acids is 1. The van der Waals surface area contributed by atoms with Gasteiger partial charge in [-0.25, -0.2) is 13.5 Å². The van der Waals surface area contributed by atoms with Gasteiger partial charge in [-0.1, -0.05) is 12.1 Å². The molecule has 0 unspecified atom stereocenters. The molecule has 1 amide bonds. The fourth-order valence-corrected chi connectivity index (χ4v) is 2.61. The van der Waals surface area contributed by atoms with Crippen LogP contribution in [0.4, 0.5) is 8.78 Å². The highest BCUT2D eigenvalue weighted by Crippen LogP contribution is 2.17. The van der Waals surface area contributed by atoms with Gasteiger partial charge in [0.2, 0.25) is 11.3 Å². The summed E-state index contributed by atoms with van der Waals surface area (Å²) in [5.41, 5.74) is 0.110. The number of amides is 1. The lowest BCUT2D eigenvalue weighted by Gasteiger charge is -2.15. The van der Waals surface area contributed by atoms with E-state index in [0.29, 0.717) is 11.3 Å². The Morgan fingerprint density at radius 1 is 1.07 bits per heavy atom. The predicted octanol–water partition coefficient (Wildman–Crippen LogP) is 3.01. The minimum atomic E-state index is -0.694. The van der Waals surface area contributed by atoms with Crippen LogP contribution in [-0.4, -0.2) is 22.8 Å². The number of rotatable bonds is 5. The molecule has 2 aromatic carbocycles. The fourth-order valence-electron chi connectivity index (χ4n) is 2.61. The Bertz CT molecular complexity index is 1050. The lowest BCUT2D eigenvalue weighted by molar-refractivity contribution is 0.0931. The van der Waals surface area contributed by atoms with Gasteiger partial charge in [0.1, 0.15) is 11.6 Å². The van der Waals surface area contributed by atoms with Gasteiger partial charge < -0.3 is 10.1 Å². The third kappa shape index (κ3) is 4.06. The SMILES string of the molecule is COc1cc(=O)c(C(=O)N[C@H](C)c2ccc(F)cc2)nn1-c1ccc(F)cc1. The molecule has 0 aliphatic carbocycles. The number of hydrogen-bond acceptors (Lipinski definition) is 4. The number of hydrogen-bond donors (Lipinski definition) is 1. The molecule has 1 atom stereocenters. The van der Waals surface area contributed by atoms with E-state index < -0.39 is 23.2 Å². The minimum absolute atomic E-state index is 0.0970. The molecule has 0 fully saturated rings. The summed E-state index contributed by atoms with van der Waals surface area (Å²) in [6.45, 7) is 1.70. The topological polar surface area (TPSA) is 73.2 Å². The molecule has 1 N–H and O–H groups in total. The second kappa shape index (κ2) is 7.99. The van der Waals surface area contributed by atoms with E-state index in [-0.39, 0.29) is 17.4 Å². The molecular weight excluding hydrogens is 368 g/mol. The molecule has 28 heavy (non-hydrogen) atoms. The van der Waals surface area contributed by atoms with Crippen molar-refractivity contribution in [3.63, 3.8) is 0 Å². The molecule has 1 heterocycles. The van der Waals surface area contributed by atoms with Gasteiger partial charge in [-0.2, -0.15) is 5.10 Å². The van der Waals surface area contributed by atoms with Crippen LogP contribution in [0.2, 0.25) is 0 Å². The van der Waals surface area contributed by atoms with Crippen molar-refractivity contribution in [3.8, 4) is 11.6 Å². The zero-order valence-electron chi connectivity index (χ0n) is 15.1. The van der Waals surface area contributed by atoms with E-state index in [0.717, 1.165) is 6.07 Å². The van der Waals surface area contributed by atoms with E-state index in [2.05, 4.69) is 10.4 Å². The van der Waals surface area contributed by atoms with Crippen LogP contribution in [0, 0.1) is 11.6 Å². The second-order valence-electron chi connectivity index (χ2n) is 6.03. The number of nitrogens with one attached hydrogen (secondary N) is 1. The lowest BCUT2D eigenvalue weighted by atomic mass is 10.1. The Labute approximate surface area is 159 Å². The zero-order valence-corrected chi connectivity index (χ0v) is 15.1. The molecule has 6 nitrogen and oxygen atoms in total.